The van der Waals surface area contributed by atoms with Gasteiger partial charge in [0.25, 0.3) is 10.0 Å². The first-order valence-electron chi connectivity index (χ1n) is 14.0. The summed E-state index contributed by atoms with van der Waals surface area (Å²) in [7, 11) is -1.81. The molecule has 0 aromatic heterocycles. The van der Waals surface area contributed by atoms with Crippen molar-refractivity contribution in [3.63, 3.8) is 0 Å². The van der Waals surface area contributed by atoms with Crippen molar-refractivity contribution in [3.8, 4) is 17.2 Å². The van der Waals surface area contributed by atoms with E-state index in [9.17, 15) is 18.3 Å². The van der Waals surface area contributed by atoms with Crippen molar-refractivity contribution in [1.82, 2.24) is 9.80 Å². The number of amides is 1. The Balaban J connectivity index is 1.40. The monoisotopic (exact) mass is 595 g/mol. The van der Waals surface area contributed by atoms with Crippen LogP contribution in [-0.4, -0.2) is 74.9 Å². The average molecular weight is 596 g/mol. The first-order chi connectivity index (χ1) is 20.1. The van der Waals surface area contributed by atoms with Crippen LogP contribution in [0.15, 0.2) is 71.6 Å². The highest BCUT2D eigenvalue weighted by atomic mass is 32.2. The molecule has 2 aliphatic rings. The predicted molar refractivity (Wildman–Crippen MR) is 158 cm³/mol. The lowest BCUT2D eigenvalue weighted by Gasteiger charge is -2.34. The van der Waals surface area contributed by atoms with E-state index in [1.54, 1.807) is 41.3 Å². The number of likely N-dealkylation sites (N-methyl/N-ethyl adjacent to an activating group) is 1. The van der Waals surface area contributed by atoms with Crippen LogP contribution in [0, 0.1) is 5.92 Å². The van der Waals surface area contributed by atoms with Gasteiger partial charge in [0.15, 0.2) is 11.5 Å². The number of aliphatic hydroxyl groups is 1. The number of ether oxygens (including phenoxy) is 3. The molecule has 224 valence electrons. The predicted octanol–water partition coefficient (Wildman–Crippen LogP) is 3.50. The van der Waals surface area contributed by atoms with Crippen LogP contribution in [0.4, 0.5) is 5.69 Å². The van der Waals surface area contributed by atoms with Crippen LogP contribution in [0.5, 0.6) is 17.2 Å². The first-order valence-corrected chi connectivity index (χ1v) is 15.5. The molecule has 2 heterocycles. The van der Waals surface area contributed by atoms with Crippen LogP contribution in [0.2, 0.25) is 0 Å². The van der Waals surface area contributed by atoms with Gasteiger partial charge in [-0.25, -0.2) is 8.42 Å². The van der Waals surface area contributed by atoms with Crippen molar-refractivity contribution >= 4 is 21.6 Å². The van der Waals surface area contributed by atoms with Gasteiger partial charge in [0.1, 0.15) is 11.9 Å². The van der Waals surface area contributed by atoms with Crippen LogP contribution < -0.4 is 18.9 Å². The third-order valence-electron chi connectivity index (χ3n) is 7.60. The molecule has 11 heteroatoms. The number of aliphatic hydroxyl groups excluding tert-OH is 1. The number of sulfonamides is 1. The zero-order chi connectivity index (χ0) is 29.9. The van der Waals surface area contributed by atoms with Crippen LogP contribution in [0.3, 0.4) is 0 Å². The summed E-state index contributed by atoms with van der Waals surface area (Å²) < 4.78 is 46.1. The Kier molecular flexibility index (Phi) is 8.91. The van der Waals surface area contributed by atoms with Gasteiger partial charge < -0.3 is 24.2 Å². The van der Waals surface area contributed by atoms with E-state index in [2.05, 4.69) is 9.62 Å². The zero-order valence-electron chi connectivity index (χ0n) is 24.0. The summed E-state index contributed by atoms with van der Waals surface area (Å²) in [4.78, 5) is 17.5. The Labute approximate surface area is 246 Å². The fourth-order valence-corrected chi connectivity index (χ4v) is 6.32. The van der Waals surface area contributed by atoms with Crippen molar-refractivity contribution in [3.05, 3.63) is 77.9 Å². The van der Waals surface area contributed by atoms with E-state index < -0.39 is 10.0 Å². The van der Waals surface area contributed by atoms with Crippen molar-refractivity contribution in [2.45, 2.75) is 43.9 Å². The molecule has 0 saturated carbocycles. The van der Waals surface area contributed by atoms with E-state index >= 15 is 0 Å². The molecule has 2 N–H and O–H groups in total. The Morgan fingerprint density at radius 2 is 1.79 bits per heavy atom. The molecule has 10 nitrogen and oxygen atoms in total. The fourth-order valence-electron chi connectivity index (χ4n) is 5.25. The minimum atomic E-state index is -3.82. The lowest BCUT2D eigenvalue weighted by Crippen LogP contribution is -2.47. The Morgan fingerprint density at radius 1 is 1.05 bits per heavy atom. The molecule has 1 amide bonds. The van der Waals surface area contributed by atoms with Gasteiger partial charge in [-0.15, -0.1) is 0 Å². The highest BCUT2D eigenvalue weighted by Gasteiger charge is 2.31. The molecule has 0 aliphatic carbocycles. The van der Waals surface area contributed by atoms with Crippen molar-refractivity contribution < 1.29 is 32.5 Å². The van der Waals surface area contributed by atoms with Gasteiger partial charge in [0.2, 0.25) is 12.7 Å². The Morgan fingerprint density at radius 3 is 2.55 bits per heavy atom. The molecule has 2 aliphatic heterocycles. The highest BCUT2D eigenvalue weighted by Crippen LogP contribution is 2.33. The van der Waals surface area contributed by atoms with Crippen molar-refractivity contribution in [2.75, 3.05) is 38.3 Å². The van der Waals surface area contributed by atoms with E-state index in [1.165, 1.54) is 12.1 Å². The minimum Gasteiger partial charge on any atom is -0.488 e. The lowest BCUT2D eigenvalue weighted by atomic mass is 10.0. The minimum absolute atomic E-state index is 0.00700. The molecule has 3 aromatic rings. The van der Waals surface area contributed by atoms with Gasteiger partial charge in [-0.1, -0.05) is 31.2 Å². The van der Waals surface area contributed by atoms with E-state index in [0.717, 1.165) is 17.1 Å². The largest absolute Gasteiger partial charge is 0.488 e. The van der Waals surface area contributed by atoms with Crippen LogP contribution >= 0.6 is 0 Å². The number of rotatable bonds is 9. The van der Waals surface area contributed by atoms with Crippen LogP contribution in [0.1, 0.15) is 25.0 Å². The second-order valence-electron chi connectivity index (χ2n) is 11.0. The molecule has 0 unspecified atom stereocenters. The maximum absolute atomic E-state index is 13.5. The van der Waals surface area contributed by atoms with E-state index in [-0.39, 0.29) is 48.7 Å². The maximum Gasteiger partial charge on any atom is 0.261 e. The summed E-state index contributed by atoms with van der Waals surface area (Å²) in [5, 5.41) is 9.91. The summed E-state index contributed by atoms with van der Waals surface area (Å²) in [6, 6.07) is 18.6. The molecule has 5 rings (SSSR count). The number of nitrogens with one attached hydrogen (secondary N) is 1. The summed E-state index contributed by atoms with van der Waals surface area (Å²) in [6.45, 7) is 5.52. The Bertz CT molecular complexity index is 1520. The van der Waals surface area contributed by atoms with Crippen molar-refractivity contribution in [1.29, 1.82) is 0 Å². The molecule has 0 saturated heterocycles. The molecule has 0 radical (unpaired) electrons. The zero-order valence-corrected chi connectivity index (χ0v) is 24.8. The van der Waals surface area contributed by atoms with Crippen LogP contribution in [-0.2, 0) is 27.8 Å². The molecule has 3 atom stereocenters. The van der Waals surface area contributed by atoms with Gasteiger partial charge in [0.05, 0.1) is 24.0 Å². The van der Waals surface area contributed by atoms with E-state index in [0.29, 0.717) is 36.6 Å². The second-order valence-corrected chi connectivity index (χ2v) is 12.7. The van der Waals surface area contributed by atoms with Gasteiger partial charge in [0, 0.05) is 36.8 Å². The fraction of sp³-hybridized carbons (Fsp3) is 0.387. The molecular formula is C31H37N3O7S. The number of benzene rings is 3. The summed E-state index contributed by atoms with van der Waals surface area (Å²) in [5.41, 5.74) is 1.97. The highest BCUT2D eigenvalue weighted by molar-refractivity contribution is 7.92. The molecule has 42 heavy (non-hydrogen) atoms. The molecule has 0 bridgehead atoms. The van der Waals surface area contributed by atoms with Gasteiger partial charge in [-0.2, -0.15) is 0 Å². The molecule has 0 spiro atoms. The smallest absolute Gasteiger partial charge is 0.261 e. The molecule has 0 fully saturated rings. The summed E-state index contributed by atoms with van der Waals surface area (Å²) in [6.07, 6.45) is -0.290. The summed E-state index contributed by atoms with van der Waals surface area (Å²) >= 11 is 0. The number of hydrogen-bond donors (Lipinski definition) is 2. The third kappa shape index (κ3) is 6.80. The third-order valence-corrected chi connectivity index (χ3v) is 9.00. The number of fused-ring (bicyclic) bond motifs is 2. The van der Waals surface area contributed by atoms with Crippen molar-refractivity contribution in [2.24, 2.45) is 5.92 Å². The SMILES string of the molecule is C[C@H](CO)N1C[C@H](C)[C@@H](CN(C)Cc2ccc3c(c2)OCO3)Oc2ccc(NS(=O)(=O)c3ccccc3)cc2CC1=O. The van der Waals surface area contributed by atoms with Gasteiger partial charge in [-0.3, -0.25) is 14.4 Å². The number of carbonyl (C=O) groups excluding carboxylic acids is 1. The van der Waals surface area contributed by atoms with E-state index in [4.69, 9.17) is 14.2 Å². The first kappa shape index (κ1) is 29.7. The summed E-state index contributed by atoms with van der Waals surface area (Å²) in [5.74, 6) is 1.76. The second kappa shape index (κ2) is 12.6. The number of nitrogens with zero attached hydrogens (tertiary/aromatic N) is 2. The van der Waals surface area contributed by atoms with E-state index in [1.807, 2.05) is 39.1 Å². The molecule has 3 aromatic carbocycles. The topological polar surface area (TPSA) is 118 Å². The molecular weight excluding hydrogens is 558 g/mol. The lowest BCUT2D eigenvalue weighted by molar-refractivity contribution is -0.134. The van der Waals surface area contributed by atoms with Gasteiger partial charge in [-0.05, 0) is 62.0 Å². The normalized spacial score (nSPS) is 19.4. The Hall–Kier alpha value is -3.80. The van der Waals surface area contributed by atoms with Crippen LogP contribution in [0.25, 0.3) is 0 Å². The quantitative estimate of drug-likeness (QED) is 0.386. The maximum atomic E-state index is 13.5. The van der Waals surface area contributed by atoms with Gasteiger partial charge >= 0.3 is 0 Å². The standard InChI is InChI=1S/C31H37N3O7S/c1-21-16-34(22(2)19-35)31(36)15-24-14-25(32-42(37,38)26-7-5-4-6-8-26)10-12-27(24)41-30(21)18-33(3)17-23-9-11-28-29(13-23)40-20-39-28/h4-14,21-22,30,32,35H,15-20H2,1-3H3/t21-,22+,30+/m0/s1. The number of hydrogen-bond acceptors (Lipinski definition) is 8. The number of carbonyl (C=O) groups is 1. The average Bonchev–Trinajstić information content (AvgIpc) is 3.45. The number of anilines is 1.